The molecule has 0 aliphatic carbocycles. The van der Waals surface area contributed by atoms with Gasteiger partial charge in [-0.3, -0.25) is 0 Å². The van der Waals surface area contributed by atoms with E-state index < -0.39 is 0 Å². The van der Waals surface area contributed by atoms with Gasteiger partial charge in [0.15, 0.2) is 0 Å². The van der Waals surface area contributed by atoms with Gasteiger partial charge >= 0.3 is 0 Å². The Morgan fingerprint density at radius 3 is 3.23 bits per heavy atom. The quantitative estimate of drug-likeness (QED) is 0.828. The molecule has 0 spiro atoms. The molecule has 1 nitrogen and oxygen atoms in total. The van der Waals surface area contributed by atoms with Crippen molar-refractivity contribution in [1.82, 2.24) is 5.32 Å². The molecule has 1 saturated heterocycles. The van der Waals surface area contributed by atoms with E-state index in [2.05, 4.69) is 34.6 Å². The summed E-state index contributed by atoms with van der Waals surface area (Å²) < 4.78 is 0. The molecule has 1 fully saturated rings. The van der Waals surface area contributed by atoms with Crippen LogP contribution in [0.5, 0.6) is 0 Å². The number of hydrogen-bond acceptors (Lipinski definition) is 3. The van der Waals surface area contributed by atoms with E-state index >= 15 is 0 Å². The molecule has 2 heterocycles. The smallest absolute Gasteiger partial charge is 0.0302 e. The molecule has 1 aromatic heterocycles. The first-order valence-corrected chi connectivity index (χ1v) is 6.82. The molecule has 1 atom stereocenters. The molecule has 0 unspecified atom stereocenters. The molecule has 1 aliphatic heterocycles. The van der Waals surface area contributed by atoms with E-state index in [1.165, 1.54) is 29.2 Å². The molecular formula is C10H15NS2. The summed E-state index contributed by atoms with van der Waals surface area (Å²) in [6.45, 7) is 1.06. The first-order valence-electron chi connectivity index (χ1n) is 4.78. The summed E-state index contributed by atoms with van der Waals surface area (Å²) in [5.41, 5.74) is 0. The zero-order valence-corrected chi connectivity index (χ0v) is 9.29. The van der Waals surface area contributed by atoms with E-state index in [0.29, 0.717) is 0 Å². The van der Waals surface area contributed by atoms with Crippen molar-refractivity contribution in [3.63, 3.8) is 0 Å². The third-order valence-electron chi connectivity index (χ3n) is 2.31. The lowest BCUT2D eigenvalue weighted by molar-refractivity contribution is 0.510. The summed E-state index contributed by atoms with van der Waals surface area (Å²) in [6, 6.07) is 5.08. The van der Waals surface area contributed by atoms with Gasteiger partial charge in [0.2, 0.25) is 0 Å². The van der Waals surface area contributed by atoms with Gasteiger partial charge in [-0.1, -0.05) is 6.07 Å². The van der Waals surface area contributed by atoms with Crippen LogP contribution < -0.4 is 5.32 Å². The normalized spacial score (nSPS) is 23.2. The van der Waals surface area contributed by atoms with E-state index in [9.17, 15) is 0 Å². The molecule has 0 amide bonds. The third kappa shape index (κ3) is 3.01. The Hall–Kier alpha value is 0.01000. The van der Waals surface area contributed by atoms with Gasteiger partial charge in [0.25, 0.3) is 0 Å². The molecule has 0 aromatic carbocycles. The van der Waals surface area contributed by atoms with Gasteiger partial charge in [0.1, 0.15) is 0 Å². The highest BCUT2D eigenvalue weighted by atomic mass is 32.2. The Labute approximate surface area is 87.9 Å². The van der Waals surface area contributed by atoms with Gasteiger partial charge in [-0.2, -0.15) is 11.8 Å². The highest BCUT2D eigenvalue weighted by molar-refractivity contribution is 7.99. The van der Waals surface area contributed by atoms with E-state index in [-0.39, 0.29) is 0 Å². The van der Waals surface area contributed by atoms with Crippen molar-refractivity contribution < 1.29 is 0 Å². The Morgan fingerprint density at radius 2 is 2.54 bits per heavy atom. The van der Waals surface area contributed by atoms with Crippen LogP contribution in [0.15, 0.2) is 17.5 Å². The van der Waals surface area contributed by atoms with Gasteiger partial charge in [-0.05, 0) is 30.0 Å². The highest BCUT2D eigenvalue weighted by Crippen LogP contribution is 2.17. The number of thiophene rings is 1. The molecule has 1 aromatic rings. The van der Waals surface area contributed by atoms with Gasteiger partial charge in [-0.15, -0.1) is 11.3 Å². The maximum atomic E-state index is 3.61. The lowest BCUT2D eigenvalue weighted by atomic mass is 10.2. The summed E-state index contributed by atoms with van der Waals surface area (Å²) in [5.74, 6) is 2.66. The minimum absolute atomic E-state index is 0.751. The van der Waals surface area contributed by atoms with Gasteiger partial charge in [0.05, 0.1) is 0 Å². The number of nitrogens with one attached hydrogen (secondary N) is 1. The maximum Gasteiger partial charge on any atom is 0.0302 e. The average molecular weight is 213 g/mol. The molecule has 2 rings (SSSR count). The fraction of sp³-hybridized carbons (Fsp3) is 0.600. The van der Waals surface area contributed by atoms with Crippen LogP contribution in [0, 0.1) is 0 Å². The molecule has 0 radical (unpaired) electrons. The Bertz CT molecular complexity index is 227. The Balaban J connectivity index is 1.72. The Kier molecular flexibility index (Phi) is 3.70. The molecule has 1 N–H and O–H groups in total. The molecule has 13 heavy (non-hydrogen) atoms. The van der Waals surface area contributed by atoms with Crippen molar-refractivity contribution in [3.05, 3.63) is 22.4 Å². The van der Waals surface area contributed by atoms with Crippen LogP contribution in [0.2, 0.25) is 0 Å². The summed E-state index contributed by atoms with van der Waals surface area (Å²) in [7, 11) is 0. The molecule has 72 valence electrons. The van der Waals surface area contributed by atoms with Crippen molar-refractivity contribution >= 4 is 23.1 Å². The molecular weight excluding hydrogens is 198 g/mol. The zero-order valence-electron chi connectivity index (χ0n) is 7.66. The second-order valence-electron chi connectivity index (χ2n) is 3.37. The van der Waals surface area contributed by atoms with E-state index in [4.69, 9.17) is 0 Å². The number of thioether (sulfide) groups is 1. The van der Waals surface area contributed by atoms with Crippen LogP contribution in [0.25, 0.3) is 0 Å². The van der Waals surface area contributed by atoms with E-state index in [1.54, 1.807) is 0 Å². The maximum absolute atomic E-state index is 3.61. The summed E-state index contributed by atoms with van der Waals surface area (Å²) in [4.78, 5) is 1.45. The summed E-state index contributed by atoms with van der Waals surface area (Å²) in [6.07, 6.45) is 2.74. The minimum atomic E-state index is 0.751. The summed E-state index contributed by atoms with van der Waals surface area (Å²) in [5, 5.41) is 5.76. The van der Waals surface area contributed by atoms with E-state index in [1.807, 2.05) is 11.3 Å². The largest absolute Gasteiger partial charge is 0.308 e. The van der Waals surface area contributed by atoms with Crippen molar-refractivity contribution in [2.24, 2.45) is 0 Å². The van der Waals surface area contributed by atoms with Crippen molar-refractivity contribution in [2.45, 2.75) is 25.4 Å². The van der Waals surface area contributed by atoms with Crippen molar-refractivity contribution in [1.29, 1.82) is 0 Å². The van der Waals surface area contributed by atoms with Gasteiger partial charge in [0, 0.05) is 23.2 Å². The number of hydrogen-bond donors (Lipinski definition) is 1. The van der Waals surface area contributed by atoms with Crippen LogP contribution in [0.3, 0.4) is 0 Å². The average Bonchev–Trinajstić information content (AvgIpc) is 2.69. The molecule has 0 bridgehead atoms. The van der Waals surface area contributed by atoms with Crippen molar-refractivity contribution in [3.8, 4) is 0 Å². The fourth-order valence-corrected chi connectivity index (χ4v) is 3.32. The zero-order chi connectivity index (χ0) is 8.93. The molecule has 3 heteroatoms. The monoisotopic (exact) mass is 213 g/mol. The molecule has 1 aliphatic rings. The van der Waals surface area contributed by atoms with Crippen LogP contribution in [-0.2, 0) is 6.54 Å². The number of rotatable bonds is 3. The first kappa shape index (κ1) is 9.56. The standard InChI is InChI=1S/C10H15NS2/c1-3-9(8-12-5-1)11-7-10-4-2-6-13-10/h2,4,6,9,11H,1,3,5,7-8H2/t9-/m0/s1. The third-order valence-corrected chi connectivity index (χ3v) is 4.40. The van der Waals surface area contributed by atoms with Crippen LogP contribution in [0.4, 0.5) is 0 Å². The lowest BCUT2D eigenvalue weighted by Gasteiger charge is -2.22. The molecule has 0 saturated carbocycles. The second kappa shape index (κ2) is 5.03. The van der Waals surface area contributed by atoms with Crippen LogP contribution in [-0.4, -0.2) is 17.5 Å². The Morgan fingerprint density at radius 1 is 1.54 bits per heavy atom. The van der Waals surface area contributed by atoms with Crippen LogP contribution in [0.1, 0.15) is 17.7 Å². The fourth-order valence-electron chi connectivity index (χ4n) is 1.56. The predicted octanol–water partition coefficient (Wildman–Crippen LogP) is 2.73. The predicted molar refractivity (Wildman–Crippen MR) is 61.5 cm³/mol. The topological polar surface area (TPSA) is 12.0 Å². The lowest BCUT2D eigenvalue weighted by Crippen LogP contribution is -2.32. The summed E-state index contributed by atoms with van der Waals surface area (Å²) >= 11 is 3.92. The van der Waals surface area contributed by atoms with Gasteiger partial charge in [-0.25, -0.2) is 0 Å². The first-order chi connectivity index (χ1) is 6.45. The van der Waals surface area contributed by atoms with Crippen molar-refractivity contribution in [2.75, 3.05) is 11.5 Å². The van der Waals surface area contributed by atoms with Crippen LogP contribution >= 0.6 is 23.1 Å². The van der Waals surface area contributed by atoms with E-state index in [0.717, 1.165) is 12.6 Å². The van der Waals surface area contributed by atoms with Gasteiger partial charge < -0.3 is 5.32 Å². The minimum Gasteiger partial charge on any atom is -0.308 e. The second-order valence-corrected chi connectivity index (χ2v) is 5.56. The SMILES string of the molecule is c1csc(CN[C@H]2CCCSC2)c1. The highest BCUT2D eigenvalue weighted by Gasteiger charge is 2.12.